The lowest BCUT2D eigenvalue weighted by molar-refractivity contribution is -0.127. The number of ketones is 1. The van der Waals surface area contributed by atoms with Crippen molar-refractivity contribution in [2.24, 2.45) is 11.3 Å². The predicted molar refractivity (Wildman–Crippen MR) is 99.9 cm³/mol. The van der Waals surface area contributed by atoms with Gasteiger partial charge in [0, 0.05) is 12.8 Å². The quantitative estimate of drug-likeness (QED) is 0.818. The highest BCUT2D eigenvalue weighted by Gasteiger charge is 2.51. The van der Waals surface area contributed by atoms with Crippen LogP contribution >= 0.6 is 0 Å². The first-order chi connectivity index (χ1) is 12.0. The molecule has 4 atom stereocenters. The van der Waals surface area contributed by atoms with Gasteiger partial charge in [-0.15, -0.1) is 0 Å². The molecule has 1 unspecified atom stereocenters. The van der Waals surface area contributed by atoms with Gasteiger partial charge in [0.15, 0.2) is 0 Å². The van der Waals surface area contributed by atoms with Crippen LogP contribution in [0.3, 0.4) is 0 Å². The molecule has 2 aliphatic carbocycles. The molecule has 2 heteroatoms. The molecule has 0 heterocycles. The van der Waals surface area contributed by atoms with Crippen LogP contribution in [0.25, 0.3) is 0 Å². The van der Waals surface area contributed by atoms with Gasteiger partial charge in [0.05, 0.1) is 0 Å². The molecular formula is C23H26O2. The molecule has 4 rings (SSSR count). The number of hydrogen-bond donors (Lipinski definition) is 1. The zero-order valence-corrected chi connectivity index (χ0v) is 15.0. The van der Waals surface area contributed by atoms with Crippen LogP contribution in [0.4, 0.5) is 0 Å². The molecule has 2 aromatic carbocycles. The number of carbonyl (C=O) groups is 1. The molecule has 0 saturated heterocycles. The van der Waals surface area contributed by atoms with Gasteiger partial charge in [-0.05, 0) is 64.8 Å². The Morgan fingerprint density at radius 1 is 1.12 bits per heavy atom. The van der Waals surface area contributed by atoms with E-state index in [0.717, 1.165) is 12.8 Å². The highest BCUT2D eigenvalue weighted by atomic mass is 16.3. The largest absolute Gasteiger partial charge is 0.508 e. The molecule has 1 fully saturated rings. The zero-order valence-electron chi connectivity index (χ0n) is 15.0. The molecule has 1 saturated carbocycles. The number of benzene rings is 2. The van der Waals surface area contributed by atoms with E-state index in [4.69, 9.17) is 0 Å². The lowest BCUT2D eigenvalue weighted by Crippen LogP contribution is -2.45. The van der Waals surface area contributed by atoms with Gasteiger partial charge in [-0.25, -0.2) is 0 Å². The fraction of sp³-hybridized carbons (Fsp3) is 0.435. The number of phenols is 1. The second kappa shape index (κ2) is 6.01. The van der Waals surface area contributed by atoms with Crippen LogP contribution in [0.1, 0.15) is 61.6 Å². The molecule has 130 valence electrons. The fourth-order valence-corrected chi connectivity index (χ4v) is 5.40. The van der Waals surface area contributed by atoms with E-state index in [-0.39, 0.29) is 11.3 Å². The molecule has 0 aromatic heterocycles. The van der Waals surface area contributed by atoms with Crippen LogP contribution in [0.5, 0.6) is 5.75 Å². The minimum Gasteiger partial charge on any atom is -0.508 e. The van der Waals surface area contributed by atoms with Crippen molar-refractivity contribution in [3.8, 4) is 5.75 Å². The molecule has 0 spiro atoms. The molecule has 2 aliphatic rings. The van der Waals surface area contributed by atoms with Gasteiger partial charge >= 0.3 is 0 Å². The number of Topliss-reactive ketones (excluding diaryl/α,β-unsaturated/α-hetero) is 1. The summed E-state index contributed by atoms with van der Waals surface area (Å²) in [5.74, 6) is 1.73. The number of aryl methyl sites for hydroxylation is 1. The van der Waals surface area contributed by atoms with Crippen molar-refractivity contribution >= 4 is 5.78 Å². The Bertz CT molecular complexity index is 795. The molecule has 0 radical (unpaired) electrons. The van der Waals surface area contributed by atoms with E-state index in [0.29, 0.717) is 36.2 Å². The summed E-state index contributed by atoms with van der Waals surface area (Å²) >= 11 is 0. The first-order valence-corrected chi connectivity index (χ1v) is 9.37. The number of hydrogen-bond acceptors (Lipinski definition) is 2. The Hall–Kier alpha value is -2.09. The molecule has 2 aromatic rings. The van der Waals surface area contributed by atoms with E-state index in [1.165, 1.54) is 16.7 Å². The van der Waals surface area contributed by atoms with Crippen LogP contribution in [0, 0.1) is 11.3 Å². The van der Waals surface area contributed by atoms with Crippen molar-refractivity contribution in [2.75, 3.05) is 0 Å². The van der Waals surface area contributed by atoms with E-state index in [1.807, 2.05) is 6.07 Å². The van der Waals surface area contributed by atoms with Crippen LogP contribution in [0.2, 0.25) is 0 Å². The second-order valence-electron chi connectivity index (χ2n) is 8.19. The maximum Gasteiger partial charge on any atom is 0.133 e. The Morgan fingerprint density at radius 3 is 2.64 bits per heavy atom. The van der Waals surface area contributed by atoms with Gasteiger partial charge < -0.3 is 5.11 Å². The van der Waals surface area contributed by atoms with Crippen molar-refractivity contribution in [1.29, 1.82) is 0 Å². The van der Waals surface area contributed by atoms with Crippen molar-refractivity contribution < 1.29 is 9.90 Å². The van der Waals surface area contributed by atoms with E-state index in [2.05, 4.69) is 50.2 Å². The molecule has 1 N–H and O–H groups in total. The van der Waals surface area contributed by atoms with Gasteiger partial charge in [-0.2, -0.15) is 0 Å². The van der Waals surface area contributed by atoms with Crippen molar-refractivity contribution in [3.05, 3.63) is 65.2 Å². The van der Waals surface area contributed by atoms with Gasteiger partial charge in [0.25, 0.3) is 0 Å². The number of phenolic OH excluding ortho intramolecular Hbond substituents is 1. The molecule has 0 bridgehead atoms. The smallest absolute Gasteiger partial charge is 0.133 e. The maximum atomic E-state index is 12.6. The Kier molecular flexibility index (Phi) is 3.94. The minimum atomic E-state index is 0.132. The third kappa shape index (κ3) is 2.68. The number of aromatic hydroxyl groups is 1. The first-order valence-electron chi connectivity index (χ1n) is 9.37. The number of fused-ring (bicyclic) bond motifs is 3. The molecule has 0 aliphatic heterocycles. The summed E-state index contributed by atoms with van der Waals surface area (Å²) in [6, 6.07) is 16.3. The van der Waals surface area contributed by atoms with E-state index < -0.39 is 0 Å². The van der Waals surface area contributed by atoms with Crippen molar-refractivity contribution in [2.45, 2.75) is 51.4 Å². The lowest BCUT2D eigenvalue weighted by atomic mass is 9.51. The summed E-state index contributed by atoms with van der Waals surface area (Å²) in [6.45, 7) is 4.68. The zero-order chi connectivity index (χ0) is 17.6. The van der Waals surface area contributed by atoms with Crippen LogP contribution < -0.4 is 0 Å². The average Bonchev–Trinajstić information content (AvgIpc) is 2.62. The minimum absolute atomic E-state index is 0.132. The number of rotatable bonds is 2. The summed E-state index contributed by atoms with van der Waals surface area (Å²) < 4.78 is 0. The Balaban J connectivity index is 1.75. The summed E-state index contributed by atoms with van der Waals surface area (Å²) in [4.78, 5) is 12.6. The van der Waals surface area contributed by atoms with Crippen molar-refractivity contribution in [3.63, 3.8) is 0 Å². The maximum absolute atomic E-state index is 12.6. The summed E-state index contributed by atoms with van der Waals surface area (Å²) in [5.41, 5.74) is 3.97. The van der Waals surface area contributed by atoms with Gasteiger partial charge in [0.1, 0.15) is 11.5 Å². The third-order valence-corrected chi connectivity index (χ3v) is 6.89. The summed E-state index contributed by atoms with van der Waals surface area (Å²) in [5, 5.41) is 9.82. The van der Waals surface area contributed by atoms with Gasteiger partial charge in [-0.1, -0.05) is 50.2 Å². The highest BCUT2D eigenvalue weighted by Crippen LogP contribution is 2.59. The monoisotopic (exact) mass is 334 g/mol. The van der Waals surface area contributed by atoms with E-state index in [1.54, 1.807) is 6.07 Å². The third-order valence-electron chi connectivity index (χ3n) is 6.89. The van der Waals surface area contributed by atoms with Crippen LogP contribution in [-0.2, 0) is 11.2 Å². The lowest BCUT2D eigenvalue weighted by Gasteiger charge is -2.52. The Labute approximate surface area is 149 Å². The van der Waals surface area contributed by atoms with Gasteiger partial charge in [0.2, 0.25) is 0 Å². The second-order valence-corrected chi connectivity index (χ2v) is 8.19. The highest BCUT2D eigenvalue weighted by molar-refractivity contribution is 5.81. The van der Waals surface area contributed by atoms with E-state index in [9.17, 15) is 9.90 Å². The number of carbonyl (C=O) groups excluding carboxylic acids is 1. The van der Waals surface area contributed by atoms with Crippen molar-refractivity contribution in [1.82, 2.24) is 0 Å². The average molecular weight is 334 g/mol. The van der Waals surface area contributed by atoms with Gasteiger partial charge in [-0.3, -0.25) is 4.79 Å². The SMILES string of the molecule is CC(c1ccccc1)[C@@H]1CC(=O)C[C@@H]2c3ccc(O)cc3CC[C@]21C. The fourth-order valence-electron chi connectivity index (χ4n) is 5.40. The predicted octanol–water partition coefficient (Wildman–Crippen LogP) is 5.21. The topological polar surface area (TPSA) is 37.3 Å². The van der Waals surface area contributed by atoms with Crippen LogP contribution in [0.15, 0.2) is 48.5 Å². The normalized spacial score (nSPS) is 29.6. The molecule has 25 heavy (non-hydrogen) atoms. The first kappa shape index (κ1) is 16.4. The molecule has 0 amide bonds. The summed E-state index contributed by atoms with van der Waals surface area (Å²) in [6.07, 6.45) is 3.41. The molecule has 2 nitrogen and oxygen atoms in total. The molecular weight excluding hydrogens is 308 g/mol. The standard InChI is InChI=1S/C23H26O2/c1-15(16-6-4-3-5-7-16)21-13-19(25)14-22-20-9-8-18(24)12-17(20)10-11-23(21,22)2/h3-9,12,15,21-22,24H,10-11,13-14H2,1-2H3/t15?,21-,22+,23-/m0/s1. The Morgan fingerprint density at radius 2 is 1.88 bits per heavy atom. The van der Waals surface area contributed by atoms with Crippen LogP contribution in [-0.4, -0.2) is 10.9 Å². The van der Waals surface area contributed by atoms with E-state index >= 15 is 0 Å². The summed E-state index contributed by atoms with van der Waals surface area (Å²) in [7, 11) is 0.